The van der Waals surface area contributed by atoms with E-state index in [1.54, 1.807) is 36.8 Å². The Bertz CT molecular complexity index is 1660. The van der Waals surface area contributed by atoms with E-state index in [4.69, 9.17) is 11.6 Å². The number of fused-ring (bicyclic) bond motifs is 1. The molecule has 0 atom stereocenters. The highest BCUT2D eigenvalue weighted by Crippen LogP contribution is 2.25. The first-order valence-electron chi connectivity index (χ1n) is 11.5. The average Bonchev–Trinajstić information content (AvgIpc) is 3.25. The predicted octanol–water partition coefficient (Wildman–Crippen LogP) is 5.23. The minimum Gasteiger partial charge on any atom is -0.360 e. The first-order valence-corrected chi connectivity index (χ1v) is 11.9. The van der Waals surface area contributed by atoms with Gasteiger partial charge in [-0.3, -0.25) is 14.6 Å². The maximum atomic E-state index is 14.4. The van der Waals surface area contributed by atoms with Gasteiger partial charge in [-0.05, 0) is 47.5 Å². The van der Waals surface area contributed by atoms with E-state index in [0.29, 0.717) is 39.2 Å². The van der Waals surface area contributed by atoms with E-state index in [0.717, 1.165) is 17.2 Å². The number of hydrogen-bond donors (Lipinski definition) is 2. The van der Waals surface area contributed by atoms with Crippen LogP contribution in [0.4, 0.5) is 8.78 Å². The van der Waals surface area contributed by atoms with Crippen molar-refractivity contribution in [3.05, 3.63) is 134 Å². The second kappa shape index (κ2) is 10.4. The third-order valence-electron chi connectivity index (χ3n) is 6.05. The minimum absolute atomic E-state index is 0.00956. The molecule has 0 spiro atoms. The summed E-state index contributed by atoms with van der Waals surface area (Å²) >= 11 is 6.12. The fourth-order valence-corrected chi connectivity index (χ4v) is 4.29. The molecule has 0 aliphatic rings. The number of pyridine rings is 2. The lowest BCUT2D eigenvalue weighted by Crippen LogP contribution is -2.23. The van der Waals surface area contributed by atoms with Gasteiger partial charge >= 0.3 is 0 Å². The standard InChI is InChI=1S/C28H21ClF2N4O2/c29-23-15-33-26-13-25(31)20(12-22(23)26)14-34-27(36)19-7-8-32-21(11-19)10-17-3-5-18(6-4-17)16-35-9-1-2-24(30)28(35)37/h1-9,11-13,15,33H,10,14,16H2,(H,34,36). The topological polar surface area (TPSA) is 79.8 Å². The SMILES string of the molecule is O=C(NCc1cc2c(Cl)c[nH]c2cc1F)c1ccnc(Cc2ccc(Cn3cccc(F)c3=O)cc2)c1. The van der Waals surface area contributed by atoms with Crippen LogP contribution in [-0.2, 0) is 19.5 Å². The summed E-state index contributed by atoms with van der Waals surface area (Å²) in [4.78, 5) is 31.9. The molecule has 5 rings (SSSR count). The Morgan fingerprint density at radius 2 is 1.81 bits per heavy atom. The summed E-state index contributed by atoms with van der Waals surface area (Å²) in [6.45, 7) is 0.268. The van der Waals surface area contributed by atoms with Crippen molar-refractivity contribution in [2.45, 2.75) is 19.5 Å². The van der Waals surface area contributed by atoms with Crippen LogP contribution in [0.2, 0.25) is 5.02 Å². The number of H-pyrrole nitrogens is 1. The number of amides is 1. The molecule has 0 saturated carbocycles. The van der Waals surface area contributed by atoms with E-state index in [2.05, 4.69) is 15.3 Å². The fourth-order valence-electron chi connectivity index (χ4n) is 4.08. The number of nitrogens with one attached hydrogen (secondary N) is 2. The van der Waals surface area contributed by atoms with Gasteiger partial charge in [-0.1, -0.05) is 35.9 Å². The van der Waals surface area contributed by atoms with Crippen LogP contribution >= 0.6 is 11.6 Å². The summed E-state index contributed by atoms with van der Waals surface area (Å²) in [5, 5.41) is 3.92. The normalized spacial score (nSPS) is 11.1. The molecule has 0 bridgehead atoms. The number of carbonyl (C=O) groups is 1. The lowest BCUT2D eigenvalue weighted by atomic mass is 10.1. The monoisotopic (exact) mass is 518 g/mol. The van der Waals surface area contributed by atoms with E-state index in [1.807, 2.05) is 24.3 Å². The van der Waals surface area contributed by atoms with Crippen LogP contribution in [0.25, 0.3) is 10.9 Å². The van der Waals surface area contributed by atoms with Crippen LogP contribution in [0.3, 0.4) is 0 Å². The van der Waals surface area contributed by atoms with E-state index < -0.39 is 17.2 Å². The molecule has 5 aromatic rings. The molecule has 9 heteroatoms. The predicted molar refractivity (Wildman–Crippen MR) is 138 cm³/mol. The van der Waals surface area contributed by atoms with E-state index in [-0.39, 0.29) is 19.0 Å². The molecule has 6 nitrogen and oxygen atoms in total. The van der Waals surface area contributed by atoms with Crippen molar-refractivity contribution < 1.29 is 13.6 Å². The Kier molecular flexibility index (Phi) is 6.83. The molecule has 186 valence electrons. The first kappa shape index (κ1) is 24.4. The van der Waals surface area contributed by atoms with Crippen LogP contribution in [0, 0.1) is 11.6 Å². The molecule has 3 heterocycles. The summed E-state index contributed by atoms with van der Waals surface area (Å²) in [5.74, 6) is -1.57. The third-order valence-corrected chi connectivity index (χ3v) is 6.36. The van der Waals surface area contributed by atoms with E-state index >= 15 is 0 Å². The van der Waals surface area contributed by atoms with E-state index in [1.165, 1.54) is 16.7 Å². The summed E-state index contributed by atoms with van der Waals surface area (Å²) in [6, 6.07) is 16.4. The van der Waals surface area contributed by atoms with Crippen molar-refractivity contribution in [1.29, 1.82) is 0 Å². The second-order valence-corrected chi connectivity index (χ2v) is 9.03. The van der Waals surface area contributed by atoms with Crippen molar-refractivity contribution in [1.82, 2.24) is 19.9 Å². The molecule has 1 amide bonds. The van der Waals surface area contributed by atoms with Gasteiger partial charge in [0.15, 0.2) is 5.82 Å². The molecule has 0 aliphatic carbocycles. The molecule has 2 aromatic carbocycles. The van der Waals surface area contributed by atoms with Crippen LogP contribution in [0.5, 0.6) is 0 Å². The lowest BCUT2D eigenvalue weighted by molar-refractivity contribution is 0.0950. The molecule has 0 aliphatic heterocycles. The maximum Gasteiger partial charge on any atom is 0.286 e. The van der Waals surface area contributed by atoms with Gasteiger partial charge in [0.1, 0.15) is 5.82 Å². The van der Waals surface area contributed by atoms with Crippen LogP contribution in [0.1, 0.15) is 32.7 Å². The number of hydrogen-bond acceptors (Lipinski definition) is 3. The number of rotatable bonds is 7. The zero-order chi connectivity index (χ0) is 25.9. The number of nitrogens with zero attached hydrogens (tertiary/aromatic N) is 2. The van der Waals surface area contributed by atoms with Gasteiger partial charge in [-0.15, -0.1) is 0 Å². The second-order valence-electron chi connectivity index (χ2n) is 8.63. The van der Waals surface area contributed by atoms with Gasteiger partial charge in [-0.2, -0.15) is 0 Å². The Balaban J connectivity index is 1.23. The maximum absolute atomic E-state index is 14.4. The largest absolute Gasteiger partial charge is 0.360 e. The van der Waals surface area contributed by atoms with Gasteiger partial charge in [0.25, 0.3) is 11.5 Å². The molecular weight excluding hydrogens is 498 g/mol. The number of halogens is 3. The van der Waals surface area contributed by atoms with Crippen LogP contribution in [-0.4, -0.2) is 20.4 Å². The summed E-state index contributed by atoms with van der Waals surface area (Å²) in [6.07, 6.45) is 5.17. The quantitative estimate of drug-likeness (QED) is 0.310. The molecule has 2 N–H and O–H groups in total. The average molecular weight is 519 g/mol. The van der Waals surface area contributed by atoms with Crippen molar-refractivity contribution in [2.75, 3.05) is 0 Å². The van der Waals surface area contributed by atoms with Crippen molar-refractivity contribution in [3.8, 4) is 0 Å². The molecule has 0 fully saturated rings. The van der Waals surface area contributed by atoms with Gasteiger partial charge < -0.3 is 14.9 Å². The number of aromatic amines is 1. The van der Waals surface area contributed by atoms with Crippen LogP contribution < -0.4 is 10.9 Å². The van der Waals surface area contributed by atoms with E-state index in [9.17, 15) is 18.4 Å². The molecule has 3 aromatic heterocycles. The number of benzene rings is 2. The molecular formula is C28H21ClF2N4O2. The van der Waals surface area contributed by atoms with Gasteiger partial charge in [0.05, 0.1) is 11.6 Å². The number of aromatic nitrogens is 3. The highest BCUT2D eigenvalue weighted by atomic mass is 35.5. The molecule has 0 saturated heterocycles. The van der Waals surface area contributed by atoms with Crippen molar-refractivity contribution >= 4 is 28.4 Å². The van der Waals surface area contributed by atoms with Gasteiger partial charge in [0, 0.05) is 59.3 Å². The summed E-state index contributed by atoms with van der Waals surface area (Å²) in [7, 11) is 0. The smallest absolute Gasteiger partial charge is 0.286 e. The van der Waals surface area contributed by atoms with Gasteiger partial charge in [0.2, 0.25) is 0 Å². The Morgan fingerprint density at radius 3 is 2.62 bits per heavy atom. The van der Waals surface area contributed by atoms with Crippen LogP contribution in [0.15, 0.2) is 84.0 Å². The van der Waals surface area contributed by atoms with Gasteiger partial charge in [-0.25, -0.2) is 8.78 Å². The highest BCUT2D eigenvalue weighted by molar-refractivity contribution is 6.35. The number of carbonyl (C=O) groups excluding carboxylic acids is 1. The Morgan fingerprint density at radius 1 is 1.03 bits per heavy atom. The fraction of sp³-hybridized carbons (Fsp3) is 0.107. The summed E-state index contributed by atoms with van der Waals surface area (Å²) < 4.78 is 29.2. The van der Waals surface area contributed by atoms with Crippen molar-refractivity contribution in [3.63, 3.8) is 0 Å². The minimum atomic E-state index is -0.787. The third kappa shape index (κ3) is 5.44. The molecule has 0 radical (unpaired) electrons. The molecule has 37 heavy (non-hydrogen) atoms. The van der Waals surface area contributed by atoms with Crippen molar-refractivity contribution in [2.24, 2.45) is 0 Å². The molecule has 0 unspecified atom stereocenters. The first-order chi connectivity index (χ1) is 17.9. The Labute approximate surface area is 215 Å². The summed E-state index contributed by atoms with van der Waals surface area (Å²) in [5.41, 5.74) is 3.16. The Hall–Kier alpha value is -4.30. The zero-order valence-electron chi connectivity index (χ0n) is 19.5. The lowest BCUT2D eigenvalue weighted by Gasteiger charge is -2.09. The highest BCUT2D eigenvalue weighted by Gasteiger charge is 2.12. The zero-order valence-corrected chi connectivity index (χ0v) is 20.2.